The van der Waals surface area contributed by atoms with E-state index in [0.29, 0.717) is 5.92 Å². The molecule has 0 amide bonds. The van der Waals surface area contributed by atoms with Crippen LogP contribution in [0, 0.1) is 11.8 Å². The molecule has 3 aromatic heterocycles. The number of hydrogen-bond acceptors (Lipinski definition) is 6. The lowest BCUT2D eigenvalue weighted by Gasteiger charge is -2.32. The largest absolute Gasteiger partial charge is 0.249 e. The van der Waals surface area contributed by atoms with Crippen molar-refractivity contribution in [3.05, 3.63) is 22.1 Å². The van der Waals surface area contributed by atoms with Crippen LogP contribution in [-0.2, 0) is 6.54 Å². The Labute approximate surface area is 148 Å². The summed E-state index contributed by atoms with van der Waals surface area (Å²) < 4.78 is 2.09. The molecule has 2 aliphatic rings. The molecular weight excluding hydrogens is 338 g/mol. The zero-order chi connectivity index (χ0) is 16.1. The van der Waals surface area contributed by atoms with Crippen LogP contribution in [0.1, 0.15) is 43.5 Å². The first-order chi connectivity index (χ1) is 11.8. The van der Waals surface area contributed by atoms with Crippen molar-refractivity contribution in [1.29, 1.82) is 0 Å². The lowest BCUT2D eigenvalue weighted by Crippen LogP contribution is -2.26. The Morgan fingerprint density at radius 1 is 1.25 bits per heavy atom. The molecular formula is C17H19N5S2. The highest BCUT2D eigenvalue weighted by Crippen LogP contribution is 2.43. The Bertz CT molecular complexity index is 840. The third kappa shape index (κ3) is 2.69. The van der Waals surface area contributed by atoms with E-state index >= 15 is 0 Å². The molecule has 0 spiro atoms. The monoisotopic (exact) mass is 357 g/mol. The van der Waals surface area contributed by atoms with Crippen LogP contribution in [0.4, 0.5) is 0 Å². The van der Waals surface area contributed by atoms with Crippen LogP contribution in [0.2, 0.25) is 0 Å². The average molecular weight is 358 g/mol. The molecule has 0 unspecified atom stereocenters. The third-order valence-electron chi connectivity index (χ3n) is 4.91. The first-order valence-corrected chi connectivity index (χ1v) is 10.3. The third-order valence-corrected chi connectivity index (χ3v) is 6.65. The smallest absolute Gasteiger partial charge is 0.201 e. The molecule has 2 saturated carbocycles. The molecule has 5 nitrogen and oxygen atoms in total. The number of thiazole rings is 2. The van der Waals surface area contributed by atoms with E-state index in [0.717, 1.165) is 40.6 Å². The van der Waals surface area contributed by atoms with Gasteiger partial charge in [-0.25, -0.2) is 19.6 Å². The van der Waals surface area contributed by atoms with Crippen LogP contribution >= 0.6 is 22.7 Å². The topological polar surface area (TPSA) is 56.5 Å². The second-order valence-corrected chi connectivity index (χ2v) is 8.88. The van der Waals surface area contributed by atoms with Crippen molar-refractivity contribution in [1.82, 2.24) is 24.7 Å². The summed E-state index contributed by atoms with van der Waals surface area (Å²) in [4.78, 5) is 14.9. The first-order valence-electron chi connectivity index (χ1n) is 8.56. The van der Waals surface area contributed by atoms with Crippen molar-refractivity contribution < 1.29 is 0 Å². The minimum atomic E-state index is 0.686. The minimum Gasteiger partial charge on any atom is -0.249 e. The molecule has 3 heterocycles. The Kier molecular flexibility index (Phi) is 3.52. The number of hydrogen-bond donors (Lipinski definition) is 0. The zero-order valence-corrected chi connectivity index (χ0v) is 15.2. The van der Waals surface area contributed by atoms with Crippen molar-refractivity contribution in [3.8, 4) is 22.2 Å². The summed E-state index contributed by atoms with van der Waals surface area (Å²) >= 11 is 3.36. The molecule has 3 aromatic rings. The Morgan fingerprint density at radius 2 is 2.12 bits per heavy atom. The van der Waals surface area contributed by atoms with Crippen LogP contribution in [0.15, 0.2) is 17.1 Å². The summed E-state index contributed by atoms with van der Waals surface area (Å²) in [7, 11) is 0. The fourth-order valence-corrected chi connectivity index (χ4v) is 5.07. The predicted octanol–water partition coefficient (Wildman–Crippen LogP) is 4.45. The second-order valence-electron chi connectivity index (χ2n) is 7.09. The van der Waals surface area contributed by atoms with Gasteiger partial charge in [-0.2, -0.15) is 0 Å². The molecule has 0 saturated heterocycles. The van der Waals surface area contributed by atoms with Gasteiger partial charge in [-0.1, -0.05) is 6.92 Å². The van der Waals surface area contributed by atoms with Gasteiger partial charge in [0.05, 0.1) is 15.4 Å². The fraction of sp³-hybridized carbons (Fsp3) is 0.529. The van der Waals surface area contributed by atoms with Gasteiger partial charge in [0.15, 0.2) is 5.82 Å². The quantitative estimate of drug-likeness (QED) is 0.677. The maximum Gasteiger partial charge on any atom is 0.201 e. The van der Waals surface area contributed by atoms with Gasteiger partial charge in [-0.15, -0.1) is 27.8 Å². The van der Waals surface area contributed by atoms with E-state index in [1.165, 1.54) is 30.7 Å². The minimum absolute atomic E-state index is 0.686. The number of rotatable bonds is 5. The van der Waals surface area contributed by atoms with Crippen molar-refractivity contribution >= 4 is 22.7 Å². The Hall–Kier alpha value is -1.60. The summed E-state index contributed by atoms with van der Waals surface area (Å²) in [6.07, 6.45) is 7.13. The molecule has 5 rings (SSSR count). The fourth-order valence-electron chi connectivity index (χ4n) is 3.46. The summed E-state index contributed by atoms with van der Waals surface area (Å²) in [6.45, 7) is 3.28. The van der Waals surface area contributed by atoms with Gasteiger partial charge in [0, 0.05) is 24.0 Å². The van der Waals surface area contributed by atoms with Crippen molar-refractivity contribution in [2.75, 3.05) is 0 Å². The maximum atomic E-state index is 4.81. The van der Waals surface area contributed by atoms with E-state index in [1.54, 1.807) is 22.7 Å². The van der Waals surface area contributed by atoms with E-state index in [2.05, 4.69) is 21.6 Å². The highest BCUT2D eigenvalue weighted by molar-refractivity contribution is 7.15. The number of nitrogens with zero attached hydrogens (tertiary/aromatic N) is 5. The first kappa shape index (κ1) is 14.7. The second kappa shape index (κ2) is 5.74. The number of aromatic nitrogens is 5. The van der Waals surface area contributed by atoms with Crippen molar-refractivity contribution in [2.24, 2.45) is 11.8 Å². The Balaban J connectivity index is 1.50. The van der Waals surface area contributed by atoms with Crippen molar-refractivity contribution in [2.45, 2.75) is 45.1 Å². The molecule has 2 fully saturated rings. The highest BCUT2D eigenvalue weighted by Gasteiger charge is 2.30. The molecule has 24 heavy (non-hydrogen) atoms. The van der Waals surface area contributed by atoms with E-state index in [-0.39, 0.29) is 0 Å². The van der Waals surface area contributed by atoms with Crippen LogP contribution in [-0.4, -0.2) is 24.7 Å². The normalized spacial score (nSPS) is 23.4. The van der Waals surface area contributed by atoms with Crippen LogP contribution < -0.4 is 0 Å². The molecule has 0 atom stereocenters. The molecule has 0 N–H and O–H groups in total. The predicted molar refractivity (Wildman–Crippen MR) is 96.1 cm³/mol. The summed E-state index contributed by atoms with van der Waals surface area (Å²) in [6, 6.07) is 0. The lowest BCUT2D eigenvalue weighted by molar-refractivity contribution is 0.182. The SMILES string of the molecule is CC1CC(Cn2nc(-c3cscn3)nc2-c2cnc(C3CC3)s2)C1. The van der Waals surface area contributed by atoms with E-state index in [1.807, 2.05) is 17.1 Å². The lowest BCUT2D eigenvalue weighted by atomic mass is 9.76. The van der Waals surface area contributed by atoms with Gasteiger partial charge in [0.1, 0.15) is 5.69 Å². The summed E-state index contributed by atoms with van der Waals surface area (Å²) in [5, 5.41) is 8.04. The van der Waals surface area contributed by atoms with E-state index < -0.39 is 0 Å². The molecule has 0 bridgehead atoms. The van der Waals surface area contributed by atoms with Gasteiger partial charge in [0.25, 0.3) is 0 Å². The maximum absolute atomic E-state index is 4.81. The molecule has 7 heteroatoms. The Morgan fingerprint density at radius 3 is 2.83 bits per heavy atom. The van der Waals surface area contributed by atoms with Gasteiger partial charge < -0.3 is 0 Å². The van der Waals surface area contributed by atoms with Crippen LogP contribution in [0.5, 0.6) is 0 Å². The van der Waals surface area contributed by atoms with E-state index in [9.17, 15) is 0 Å². The molecule has 2 aliphatic carbocycles. The van der Waals surface area contributed by atoms with Crippen LogP contribution in [0.25, 0.3) is 22.2 Å². The van der Waals surface area contributed by atoms with Gasteiger partial charge in [0.2, 0.25) is 5.82 Å². The molecule has 0 radical (unpaired) electrons. The highest BCUT2D eigenvalue weighted by atomic mass is 32.1. The molecule has 124 valence electrons. The van der Waals surface area contributed by atoms with Gasteiger partial charge in [-0.05, 0) is 37.5 Å². The average Bonchev–Trinajstić information content (AvgIpc) is 2.97. The molecule has 0 aliphatic heterocycles. The standard InChI is InChI=1S/C17H19N5S2/c1-10-4-11(5-10)7-22-16(14-6-18-17(24-14)12-2-3-12)20-15(21-22)13-8-23-9-19-13/h6,8-12H,2-5,7H2,1H3. The summed E-state index contributed by atoms with van der Waals surface area (Å²) in [5.74, 6) is 3.96. The van der Waals surface area contributed by atoms with Gasteiger partial charge >= 0.3 is 0 Å². The van der Waals surface area contributed by atoms with Crippen LogP contribution in [0.3, 0.4) is 0 Å². The van der Waals surface area contributed by atoms with Crippen molar-refractivity contribution in [3.63, 3.8) is 0 Å². The van der Waals surface area contributed by atoms with Gasteiger partial charge in [-0.3, -0.25) is 0 Å². The summed E-state index contributed by atoms with van der Waals surface area (Å²) in [5.41, 5.74) is 2.70. The zero-order valence-electron chi connectivity index (χ0n) is 13.6. The van der Waals surface area contributed by atoms with E-state index in [4.69, 9.17) is 10.1 Å². The molecule has 0 aromatic carbocycles.